The summed E-state index contributed by atoms with van der Waals surface area (Å²) in [6.45, 7) is 3.14. The highest BCUT2D eigenvalue weighted by Gasteiger charge is 2.27. The van der Waals surface area contributed by atoms with Crippen molar-refractivity contribution in [3.8, 4) is 0 Å². The van der Waals surface area contributed by atoms with E-state index in [2.05, 4.69) is 10.3 Å². The number of carbonyl (C=O) groups excluding carboxylic acids is 2. The van der Waals surface area contributed by atoms with Crippen LogP contribution in [-0.4, -0.2) is 23.0 Å². The highest BCUT2D eigenvalue weighted by Crippen LogP contribution is 2.30. The Balaban J connectivity index is 1.56. The molecule has 0 spiro atoms. The molecule has 1 aromatic heterocycles. The number of carbonyl (C=O) groups is 2. The van der Waals surface area contributed by atoms with Crippen LogP contribution in [0.5, 0.6) is 0 Å². The summed E-state index contributed by atoms with van der Waals surface area (Å²) in [5, 5.41) is 3.32. The monoisotopic (exact) mass is 392 g/mol. The second kappa shape index (κ2) is 7.62. The van der Waals surface area contributed by atoms with Gasteiger partial charge in [-0.2, -0.15) is 0 Å². The van der Waals surface area contributed by atoms with Crippen LogP contribution in [0, 0.1) is 12.7 Å². The molecule has 4 rings (SSSR count). The fourth-order valence-corrected chi connectivity index (χ4v) is 3.63. The minimum atomic E-state index is -1.03. The third-order valence-corrected chi connectivity index (χ3v) is 5.22. The Bertz CT molecular complexity index is 1130. The molecule has 0 radical (unpaired) electrons. The number of halogens is 1. The standard InChI is InChI=1S/C23H21FN2O3/c1-13-10-11-15(12-18(13)24)25-22(27)14(2)29-23(28)21-16-6-3-4-8-19(16)26-20-9-5-7-17(20)21/h3-4,6,8,10-12,14H,5,7,9H2,1-2H3,(H,25,27)/t14-/m1/s1. The first-order valence-electron chi connectivity index (χ1n) is 9.62. The molecule has 0 fully saturated rings. The van der Waals surface area contributed by atoms with Crippen molar-refractivity contribution in [2.24, 2.45) is 0 Å². The number of pyridine rings is 1. The molecule has 1 heterocycles. The lowest BCUT2D eigenvalue weighted by atomic mass is 10.0. The number of amides is 1. The summed E-state index contributed by atoms with van der Waals surface area (Å²) in [6.07, 6.45) is 1.50. The predicted octanol–water partition coefficient (Wildman–Crippen LogP) is 4.36. The molecule has 1 aliphatic carbocycles. The summed E-state index contributed by atoms with van der Waals surface area (Å²) in [6, 6.07) is 11.9. The largest absolute Gasteiger partial charge is 0.449 e. The molecule has 0 unspecified atom stereocenters. The number of nitrogens with one attached hydrogen (secondary N) is 1. The van der Waals surface area contributed by atoms with Gasteiger partial charge in [0.15, 0.2) is 6.10 Å². The zero-order chi connectivity index (χ0) is 20.5. The number of hydrogen-bond donors (Lipinski definition) is 1. The van der Waals surface area contributed by atoms with Crippen molar-refractivity contribution in [3.63, 3.8) is 0 Å². The highest BCUT2D eigenvalue weighted by atomic mass is 19.1. The van der Waals surface area contributed by atoms with Gasteiger partial charge < -0.3 is 10.1 Å². The Morgan fingerprint density at radius 1 is 1.17 bits per heavy atom. The molecule has 0 saturated heterocycles. The Morgan fingerprint density at radius 3 is 2.76 bits per heavy atom. The molecule has 148 valence electrons. The van der Waals surface area contributed by atoms with Crippen molar-refractivity contribution in [2.75, 3.05) is 5.32 Å². The van der Waals surface area contributed by atoms with Crippen LogP contribution in [-0.2, 0) is 22.4 Å². The van der Waals surface area contributed by atoms with Gasteiger partial charge in [-0.3, -0.25) is 9.78 Å². The van der Waals surface area contributed by atoms with E-state index in [0.29, 0.717) is 16.8 Å². The molecule has 29 heavy (non-hydrogen) atoms. The fourth-order valence-electron chi connectivity index (χ4n) is 3.63. The fraction of sp³-hybridized carbons (Fsp3) is 0.261. The number of ether oxygens (including phenoxy) is 1. The van der Waals surface area contributed by atoms with Crippen LogP contribution in [0.3, 0.4) is 0 Å². The molecule has 0 aliphatic heterocycles. The van der Waals surface area contributed by atoms with Crippen molar-refractivity contribution >= 4 is 28.5 Å². The van der Waals surface area contributed by atoms with Gasteiger partial charge in [0.05, 0.1) is 11.1 Å². The van der Waals surface area contributed by atoms with Crippen molar-refractivity contribution in [2.45, 2.75) is 39.2 Å². The van der Waals surface area contributed by atoms with Gasteiger partial charge in [-0.1, -0.05) is 24.3 Å². The maximum absolute atomic E-state index is 13.7. The minimum Gasteiger partial charge on any atom is -0.449 e. The lowest BCUT2D eigenvalue weighted by Crippen LogP contribution is -2.30. The lowest BCUT2D eigenvalue weighted by Gasteiger charge is -2.16. The third-order valence-electron chi connectivity index (χ3n) is 5.22. The maximum Gasteiger partial charge on any atom is 0.339 e. The topological polar surface area (TPSA) is 68.3 Å². The second-order valence-electron chi connectivity index (χ2n) is 7.28. The van der Waals surface area contributed by atoms with E-state index in [0.717, 1.165) is 41.4 Å². The van der Waals surface area contributed by atoms with Crippen molar-refractivity contribution in [1.29, 1.82) is 0 Å². The van der Waals surface area contributed by atoms with Gasteiger partial charge in [0.1, 0.15) is 5.82 Å². The van der Waals surface area contributed by atoms with Gasteiger partial charge in [0.25, 0.3) is 5.91 Å². The minimum absolute atomic E-state index is 0.316. The van der Waals surface area contributed by atoms with Crippen LogP contribution in [0.4, 0.5) is 10.1 Å². The summed E-state index contributed by atoms with van der Waals surface area (Å²) in [5.74, 6) is -1.47. The number of fused-ring (bicyclic) bond motifs is 2. The molecule has 1 amide bonds. The maximum atomic E-state index is 13.7. The normalized spacial score (nSPS) is 13.8. The summed E-state index contributed by atoms with van der Waals surface area (Å²) in [4.78, 5) is 30.1. The number of hydrogen-bond acceptors (Lipinski definition) is 4. The zero-order valence-corrected chi connectivity index (χ0v) is 16.3. The van der Waals surface area contributed by atoms with E-state index in [1.165, 1.54) is 13.0 Å². The van der Waals surface area contributed by atoms with E-state index >= 15 is 0 Å². The number of esters is 1. The Hall–Kier alpha value is -3.28. The van der Waals surface area contributed by atoms with Gasteiger partial charge in [0, 0.05) is 16.8 Å². The van der Waals surface area contributed by atoms with Crippen LogP contribution < -0.4 is 5.32 Å². The number of rotatable bonds is 4. The molecule has 6 heteroatoms. The SMILES string of the molecule is Cc1ccc(NC(=O)[C@@H](C)OC(=O)c2c3c(nc4ccccc24)CCC3)cc1F. The molecule has 1 N–H and O–H groups in total. The molecule has 1 aliphatic rings. The molecule has 3 aromatic rings. The molecule has 0 bridgehead atoms. The smallest absolute Gasteiger partial charge is 0.339 e. The summed E-state index contributed by atoms with van der Waals surface area (Å²) >= 11 is 0. The van der Waals surface area contributed by atoms with Crippen LogP contribution >= 0.6 is 0 Å². The first-order valence-corrected chi connectivity index (χ1v) is 9.62. The Labute approximate surface area is 167 Å². The molecule has 1 atom stereocenters. The molecular formula is C23H21FN2O3. The van der Waals surface area contributed by atoms with Gasteiger partial charge >= 0.3 is 5.97 Å². The highest BCUT2D eigenvalue weighted by molar-refractivity contribution is 6.06. The van der Waals surface area contributed by atoms with Crippen molar-refractivity contribution in [3.05, 3.63) is 70.7 Å². The van der Waals surface area contributed by atoms with Gasteiger partial charge in [-0.25, -0.2) is 9.18 Å². The summed E-state index contributed by atoms with van der Waals surface area (Å²) < 4.78 is 19.2. The molecule has 0 saturated carbocycles. The first-order chi connectivity index (χ1) is 13.9. The first kappa shape index (κ1) is 19.1. The van der Waals surface area contributed by atoms with E-state index in [-0.39, 0.29) is 0 Å². The van der Waals surface area contributed by atoms with Gasteiger partial charge in [-0.15, -0.1) is 0 Å². The number of aromatic nitrogens is 1. The zero-order valence-electron chi connectivity index (χ0n) is 16.3. The predicted molar refractivity (Wildman–Crippen MR) is 108 cm³/mol. The molecule has 5 nitrogen and oxygen atoms in total. The summed E-state index contributed by atoms with van der Waals surface area (Å²) in [7, 11) is 0. The van der Waals surface area contributed by atoms with Gasteiger partial charge in [0.2, 0.25) is 0 Å². The summed E-state index contributed by atoms with van der Waals surface area (Å²) in [5.41, 5.74) is 3.86. The van der Waals surface area contributed by atoms with Crippen LogP contribution in [0.1, 0.15) is 40.5 Å². The van der Waals surface area contributed by atoms with E-state index in [9.17, 15) is 14.0 Å². The van der Waals surface area contributed by atoms with E-state index < -0.39 is 23.8 Å². The van der Waals surface area contributed by atoms with E-state index in [4.69, 9.17) is 4.74 Å². The number of para-hydroxylation sites is 1. The number of nitrogens with zero attached hydrogens (tertiary/aromatic N) is 1. The van der Waals surface area contributed by atoms with Gasteiger partial charge in [-0.05, 0) is 62.4 Å². The third kappa shape index (κ3) is 3.70. The van der Waals surface area contributed by atoms with Crippen LogP contribution in [0.15, 0.2) is 42.5 Å². The number of benzene rings is 2. The van der Waals surface area contributed by atoms with Crippen LogP contribution in [0.2, 0.25) is 0 Å². The quantitative estimate of drug-likeness (QED) is 0.670. The number of anilines is 1. The van der Waals surface area contributed by atoms with Crippen molar-refractivity contribution in [1.82, 2.24) is 4.98 Å². The van der Waals surface area contributed by atoms with E-state index in [1.54, 1.807) is 19.1 Å². The molecule has 2 aromatic carbocycles. The second-order valence-corrected chi connectivity index (χ2v) is 7.28. The lowest BCUT2D eigenvalue weighted by molar-refractivity contribution is -0.123. The Kier molecular flexibility index (Phi) is 5.01. The number of aryl methyl sites for hydroxylation is 2. The van der Waals surface area contributed by atoms with E-state index in [1.807, 2.05) is 24.3 Å². The Morgan fingerprint density at radius 2 is 1.97 bits per heavy atom. The molecular weight excluding hydrogens is 371 g/mol. The van der Waals surface area contributed by atoms with Crippen LogP contribution in [0.25, 0.3) is 10.9 Å². The van der Waals surface area contributed by atoms with Crippen molar-refractivity contribution < 1.29 is 18.7 Å². The average Bonchev–Trinajstić information content (AvgIpc) is 3.16. The average molecular weight is 392 g/mol.